The Morgan fingerprint density at radius 3 is 2.72 bits per heavy atom. The largest absolute Gasteiger partial charge is 0.452 e. The molecule has 0 aliphatic carbocycles. The molecule has 0 spiro atoms. The van der Waals surface area contributed by atoms with Crippen LogP contribution in [0, 0.1) is 12.7 Å². The van der Waals surface area contributed by atoms with Crippen LogP contribution >= 0.6 is 12.2 Å². The van der Waals surface area contributed by atoms with Gasteiger partial charge in [-0.2, -0.15) is 0 Å². The molecular weight excluding hydrogens is 251 g/mol. The van der Waals surface area contributed by atoms with Gasteiger partial charge in [-0.25, -0.2) is 4.39 Å². The van der Waals surface area contributed by atoms with E-state index in [1.54, 1.807) is 31.3 Å². The van der Waals surface area contributed by atoms with Gasteiger partial charge in [-0.05, 0) is 37.3 Å². The molecule has 0 radical (unpaired) electrons. The van der Waals surface area contributed by atoms with Gasteiger partial charge in [0.2, 0.25) is 0 Å². The number of nitrogens with zero attached hydrogens (tertiary/aromatic N) is 1. The van der Waals surface area contributed by atoms with Crippen molar-refractivity contribution in [3.8, 4) is 11.5 Å². The number of hydrogen-bond donors (Lipinski definition) is 1. The number of nitrogens with two attached hydrogens (primary N) is 1. The van der Waals surface area contributed by atoms with Gasteiger partial charge in [0.25, 0.3) is 0 Å². The Labute approximate surface area is 109 Å². The second-order valence-corrected chi connectivity index (χ2v) is 4.14. The number of rotatable bonds is 3. The molecule has 1 aromatic heterocycles. The fourth-order valence-electron chi connectivity index (χ4n) is 1.43. The van der Waals surface area contributed by atoms with Crippen LogP contribution in [0.1, 0.15) is 11.3 Å². The first-order valence-electron chi connectivity index (χ1n) is 5.27. The zero-order chi connectivity index (χ0) is 13.1. The lowest BCUT2D eigenvalue weighted by Crippen LogP contribution is -2.09. The lowest BCUT2D eigenvalue weighted by Gasteiger charge is -2.09. The van der Waals surface area contributed by atoms with E-state index in [0.29, 0.717) is 17.0 Å². The minimum absolute atomic E-state index is 0.117. The number of thiocarbonyl (C=S) groups is 1. The third-order valence-corrected chi connectivity index (χ3v) is 2.63. The molecule has 2 N–H and O–H groups in total. The van der Waals surface area contributed by atoms with E-state index < -0.39 is 5.82 Å². The number of pyridine rings is 1. The zero-order valence-electron chi connectivity index (χ0n) is 9.68. The topological polar surface area (TPSA) is 48.1 Å². The molecular formula is C13H11FN2OS. The highest BCUT2D eigenvalue weighted by Gasteiger charge is 2.08. The van der Waals surface area contributed by atoms with E-state index in [2.05, 4.69) is 4.98 Å². The highest BCUT2D eigenvalue weighted by molar-refractivity contribution is 7.80. The Morgan fingerprint density at radius 1 is 1.33 bits per heavy atom. The number of benzene rings is 1. The maximum absolute atomic E-state index is 13.8. The summed E-state index contributed by atoms with van der Waals surface area (Å²) in [6.45, 7) is 1.79. The fourth-order valence-corrected chi connectivity index (χ4v) is 1.56. The molecule has 18 heavy (non-hydrogen) atoms. The quantitative estimate of drug-likeness (QED) is 0.864. The Morgan fingerprint density at radius 2 is 2.11 bits per heavy atom. The second-order valence-electron chi connectivity index (χ2n) is 3.70. The SMILES string of the molecule is Cc1ncccc1Oc1ccc(C(N)=S)cc1F. The smallest absolute Gasteiger partial charge is 0.166 e. The summed E-state index contributed by atoms with van der Waals surface area (Å²) in [6.07, 6.45) is 1.65. The summed E-state index contributed by atoms with van der Waals surface area (Å²) in [7, 11) is 0. The van der Waals surface area contributed by atoms with Gasteiger partial charge in [0.05, 0.1) is 5.69 Å². The summed E-state index contributed by atoms with van der Waals surface area (Å²) < 4.78 is 19.2. The summed E-state index contributed by atoms with van der Waals surface area (Å²) in [6, 6.07) is 7.82. The number of aryl methyl sites for hydroxylation is 1. The predicted molar refractivity (Wildman–Crippen MR) is 71.3 cm³/mol. The molecule has 0 amide bonds. The maximum Gasteiger partial charge on any atom is 0.166 e. The van der Waals surface area contributed by atoms with Crippen LogP contribution in [0.2, 0.25) is 0 Å². The van der Waals surface area contributed by atoms with Crippen LogP contribution in [-0.2, 0) is 0 Å². The van der Waals surface area contributed by atoms with E-state index >= 15 is 0 Å². The molecule has 0 aliphatic rings. The van der Waals surface area contributed by atoms with E-state index in [1.807, 2.05) is 0 Å². The van der Waals surface area contributed by atoms with Gasteiger partial charge < -0.3 is 10.5 Å². The molecule has 1 heterocycles. The number of aromatic nitrogens is 1. The Hall–Kier alpha value is -2.01. The average molecular weight is 262 g/mol. The van der Waals surface area contributed by atoms with Gasteiger partial charge >= 0.3 is 0 Å². The van der Waals surface area contributed by atoms with Gasteiger partial charge in [0, 0.05) is 11.8 Å². The van der Waals surface area contributed by atoms with Crippen molar-refractivity contribution >= 4 is 17.2 Å². The van der Waals surface area contributed by atoms with Crippen molar-refractivity contribution in [1.29, 1.82) is 0 Å². The van der Waals surface area contributed by atoms with Crippen molar-refractivity contribution < 1.29 is 9.13 Å². The van der Waals surface area contributed by atoms with E-state index in [9.17, 15) is 4.39 Å². The normalized spacial score (nSPS) is 10.1. The van der Waals surface area contributed by atoms with Crippen molar-refractivity contribution in [3.05, 3.63) is 53.6 Å². The zero-order valence-corrected chi connectivity index (χ0v) is 10.5. The first-order chi connectivity index (χ1) is 8.58. The van der Waals surface area contributed by atoms with E-state index in [4.69, 9.17) is 22.7 Å². The van der Waals surface area contributed by atoms with Crippen molar-refractivity contribution in [2.75, 3.05) is 0 Å². The lowest BCUT2D eigenvalue weighted by molar-refractivity contribution is 0.437. The van der Waals surface area contributed by atoms with Crippen molar-refractivity contribution in [1.82, 2.24) is 4.98 Å². The first kappa shape index (κ1) is 12.4. The highest BCUT2D eigenvalue weighted by atomic mass is 32.1. The third-order valence-electron chi connectivity index (χ3n) is 2.39. The lowest BCUT2D eigenvalue weighted by atomic mass is 10.2. The molecule has 5 heteroatoms. The third kappa shape index (κ3) is 2.62. The Bertz CT molecular complexity index is 601. The van der Waals surface area contributed by atoms with Gasteiger partial charge in [0.1, 0.15) is 10.7 Å². The van der Waals surface area contributed by atoms with Crippen LogP contribution in [0.5, 0.6) is 11.5 Å². The summed E-state index contributed by atoms with van der Waals surface area (Å²) in [4.78, 5) is 4.21. The molecule has 0 unspecified atom stereocenters. The van der Waals surface area contributed by atoms with Crippen LogP contribution in [0.3, 0.4) is 0 Å². The van der Waals surface area contributed by atoms with E-state index in [1.165, 1.54) is 12.1 Å². The van der Waals surface area contributed by atoms with Gasteiger partial charge in [-0.15, -0.1) is 0 Å². The van der Waals surface area contributed by atoms with E-state index in [0.717, 1.165) is 0 Å². The molecule has 0 aliphatic heterocycles. The molecule has 0 saturated heterocycles. The number of hydrogen-bond acceptors (Lipinski definition) is 3. The molecule has 3 nitrogen and oxygen atoms in total. The maximum atomic E-state index is 13.8. The second kappa shape index (κ2) is 5.10. The van der Waals surface area contributed by atoms with Gasteiger partial charge in [-0.1, -0.05) is 12.2 Å². The molecule has 0 fully saturated rings. The standard InChI is InChI=1S/C13H11FN2OS/c1-8-11(3-2-6-16-8)17-12-5-4-9(13(15)18)7-10(12)14/h2-7H,1H3,(H2,15,18). The summed E-state index contributed by atoms with van der Waals surface area (Å²) in [5, 5.41) is 0. The van der Waals surface area contributed by atoms with Crippen LogP contribution in [-0.4, -0.2) is 9.97 Å². The van der Waals surface area contributed by atoms with Crippen LogP contribution in [0.15, 0.2) is 36.5 Å². The van der Waals surface area contributed by atoms with Crippen molar-refractivity contribution in [2.45, 2.75) is 6.92 Å². The number of halogens is 1. The molecule has 1 aromatic carbocycles. The van der Waals surface area contributed by atoms with Crippen LogP contribution in [0.4, 0.5) is 4.39 Å². The summed E-state index contributed by atoms with van der Waals surface area (Å²) in [5.41, 5.74) is 6.58. The Kier molecular flexibility index (Phi) is 3.53. The van der Waals surface area contributed by atoms with Crippen molar-refractivity contribution in [3.63, 3.8) is 0 Å². The monoisotopic (exact) mass is 262 g/mol. The predicted octanol–water partition coefficient (Wildman–Crippen LogP) is 2.96. The Balaban J connectivity index is 2.30. The molecule has 2 aromatic rings. The first-order valence-corrected chi connectivity index (χ1v) is 5.67. The highest BCUT2D eigenvalue weighted by Crippen LogP contribution is 2.26. The summed E-state index contributed by atoms with van der Waals surface area (Å²) >= 11 is 4.78. The molecule has 0 atom stereocenters. The van der Waals surface area contributed by atoms with Gasteiger partial charge in [0.15, 0.2) is 11.6 Å². The van der Waals surface area contributed by atoms with Crippen molar-refractivity contribution in [2.24, 2.45) is 5.73 Å². The fraction of sp³-hybridized carbons (Fsp3) is 0.0769. The average Bonchev–Trinajstić information content (AvgIpc) is 2.34. The van der Waals surface area contributed by atoms with Crippen LogP contribution < -0.4 is 10.5 Å². The minimum atomic E-state index is -0.511. The van der Waals surface area contributed by atoms with E-state index in [-0.39, 0.29) is 10.7 Å². The van der Waals surface area contributed by atoms with Gasteiger partial charge in [-0.3, -0.25) is 4.98 Å². The number of ether oxygens (including phenoxy) is 1. The molecule has 0 bridgehead atoms. The molecule has 92 valence electrons. The molecule has 0 saturated carbocycles. The summed E-state index contributed by atoms with van der Waals surface area (Å²) in [5.74, 6) is 0.120. The minimum Gasteiger partial charge on any atom is -0.452 e. The molecule has 2 rings (SSSR count). The van der Waals surface area contributed by atoms with Crippen LogP contribution in [0.25, 0.3) is 0 Å².